The van der Waals surface area contributed by atoms with Gasteiger partial charge in [0.15, 0.2) is 0 Å². The van der Waals surface area contributed by atoms with Crippen LogP contribution in [0.15, 0.2) is 0 Å². The van der Waals surface area contributed by atoms with E-state index in [-0.39, 0.29) is 0 Å². The van der Waals surface area contributed by atoms with Gasteiger partial charge < -0.3 is 10.1 Å². The Morgan fingerprint density at radius 1 is 1.14 bits per heavy atom. The van der Waals surface area contributed by atoms with E-state index >= 15 is 0 Å². The average molecular weight is 197 g/mol. The molecule has 2 nitrogen and oxygen atoms in total. The predicted molar refractivity (Wildman–Crippen MR) is 58.3 cm³/mol. The van der Waals surface area contributed by atoms with Gasteiger partial charge in [0.1, 0.15) is 0 Å². The third-order valence-electron chi connectivity index (χ3n) is 3.60. The molecule has 0 radical (unpaired) electrons. The minimum atomic E-state index is 0.834. The Hall–Kier alpha value is -0.0800. The molecule has 0 amide bonds. The highest BCUT2D eigenvalue weighted by molar-refractivity contribution is 4.85. The Morgan fingerprint density at radius 3 is 2.64 bits per heavy atom. The Balaban J connectivity index is 1.66. The molecule has 0 heterocycles. The summed E-state index contributed by atoms with van der Waals surface area (Å²) in [6, 6.07) is 0.864. The van der Waals surface area contributed by atoms with Crippen molar-refractivity contribution in [3.05, 3.63) is 0 Å². The first-order valence-electron chi connectivity index (χ1n) is 6.21. The van der Waals surface area contributed by atoms with Crippen LogP contribution in [-0.2, 0) is 4.74 Å². The number of ether oxygens (including phenoxy) is 1. The van der Waals surface area contributed by atoms with Gasteiger partial charge in [-0.1, -0.05) is 6.42 Å². The summed E-state index contributed by atoms with van der Waals surface area (Å²) in [5.74, 6) is 1.73. The van der Waals surface area contributed by atoms with Crippen molar-refractivity contribution in [1.82, 2.24) is 5.32 Å². The number of rotatable bonds is 6. The van der Waals surface area contributed by atoms with Gasteiger partial charge in [0.25, 0.3) is 0 Å². The lowest BCUT2D eigenvalue weighted by atomic mass is 9.97. The Kier molecular flexibility index (Phi) is 3.82. The lowest BCUT2D eigenvalue weighted by molar-refractivity contribution is 0.0951. The fourth-order valence-electron chi connectivity index (χ4n) is 2.48. The molecule has 2 saturated carbocycles. The van der Waals surface area contributed by atoms with Gasteiger partial charge >= 0.3 is 0 Å². The summed E-state index contributed by atoms with van der Waals surface area (Å²) in [6.07, 6.45) is 7.02. The van der Waals surface area contributed by atoms with E-state index in [9.17, 15) is 0 Å². The normalized spacial score (nSPS) is 32.4. The molecule has 0 aromatic heterocycles. The van der Waals surface area contributed by atoms with E-state index in [0.717, 1.165) is 31.1 Å². The van der Waals surface area contributed by atoms with Crippen molar-refractivity contribution < 1.29 is 4.74 Å². The summed E-state index contributed by atoms with van der Waals surface area (Å²) in [4.78, 5) is 0. The quantitative estimate of drug-likeness (QED) is 0.705. The van der Waals surface area contributed by atoms with Crippen LogP contribution in [0, 0.1) is 11.8 Å². The molecule has 0 aliphatic heterocycles. The Morgan fingerprint density at radius 2 is 1.93 bits per heavy atom. The first-order valence-corrected chi connectivity index (χ1v) is 6.21. The van der Waals surface area contributed by atoms with Crippen LogP contribution in [0.1, 0.15) is 39.0 Å². The molecule has 0 saturated heterocycles. The monoisotopic (exact) mass is 197 g/mol. The standard InChI is InChI=1S/C12H23NO/c1-2-14-9-11-5-3-4-10(11)8-13-12-6-7-12/h10-13H,2-9H2,1H3. The molecule has 2 aliphatic carbocycles. The highest BCUT2D eigenvalue weighted by Crippen LogP contribution is 2.32. The van der Waals surface area contributed by atoms with E-state index in [2.05, 4.69) is 12.2 Å². The molecule has 14 heavy (non-hydrogen) atoms. The minimum absolute atomic E-state index is 0.834. The zero-order chi connectivity index (χ0) is 9.80. The van der Waals surface area contributed by atoms with Gasteiger partial charge in [0, 0.05) is 19.3 Å². The largest absolute Gasteiger partial charge is 0.381 e. The molecule has 2 aliphatic rings. The fraction of sp³-hybridized carbons (Fsp3) is 1.00. The molecule has 0 bridgehead atoms. The van der Waals surface area contributed by atoms with Gasteiger partial charge in [0.05, 0.1) is 0 Å². The lowest BCUT2D eigenvalue weighted by Gasteiger charge is -2.19. The second kappa shape index (κ2) is 5.13. The maximum Gasteiger partial charge on any atom is 0.0497 e. The van der Waals surface area contributed by atoms with E-state index in [4.69, 9.17) is 4.74 Å². The van der Waals surface area contributed by atoms with Crippen LogP contribution in [-0.4, -0.2) is 25.8 Å². The van der Waals surface area contributed by atoms with Gasteiger partial charge in [0.2, 0.25) is 0 Å². The van der Waals surface area contributed by atoms with Crippen molar-refractivity contribution in [3.8, 4) is 0 Å². The van der Waals surface area contributed by atoms with Crippen LogP contribution in [0.3, 0.4) is 0 Å². The summed E-state index contributed by atoms with van der Waals surface area (Å²) in [5.41, 5.74) is 0. The molecule has 2 heteroatoms. The molecular weight excluding hydrogens is 174 g/mol. The average Bonchev–Trinajstić information content (AvgIpc) is 2.92. The first-order chi connectivity index (χ1) is 6.90. The highest BCUT2D eigenvalue weighted by atomic mass is 16.5. The van der Waals surface area contributed by atoms with Crippen LogP contribution >= 0.6 is 0 Å². The van der Waals surface area contributed by atoms with Crippen molar-refractivity contribution in [2.45, 2.75) is 45.1 Å². The number of hydrogen-bond donors (Lipinski definition) is 1. The molecule has 2 unspecified atom stereocenters. The SMILES string of the molecule is CCOCC1CCCC1CNC1CC1. The predicted octanol–water partition coefficient (Wildman–Crippen LogP) is 2.19. The van der Waals surface area contributed by atoms with E-state index in [1.807, 2.05) is 0 Å². The second-order valence-corrected chi connectivity index (χ2v) is 4.79. The summed E-state index contributed by atoms with van der Waals surface area (Å²) >= 11 is 0. The van der Waals surface area contributed by atoms with Crippen molar-refractivity contribution >= 4 is 0 Å². The second-order valence-electron chi connectivity index (χ2n) is 4.79. The van der Waals surface area contributed by atoms with E-state index < -0.39 is 0 Å². The molecule has 1 N–H and O–H groups in total. The van der Waals surface area contributed by atoms with Gasteiger partial charge in [-0.25, -0.2) is 0 Å². The summed E-state index contributed by atoms with van der Waals surface area (Å²) in [5, 5.41) is 3.65. The zero-order valence-electron chi connectivity index (χ0n) is 9.30. The summed E-state index contributed by atoms with van der Waals surface area (Å²) in [7, 11) is 0. The van der Waals surface area contributed by atoms with Gasteiger partial charge in [-0.05, 0) is 51.0 Å². The van der Waals surface area contributed by atoms with Crippen molar-refractivity contribution in [1.29, 1.82) is 0 Å². The third kappa shape index (κ3) is 2.96. The molecular formula is C12H23NO. The molecule has 2 atom stereocenters. The van der Waals surface area contributed by atoms with E-state index in [0.29, 0.717) is 0 Å². The third-order valence-corrected chi connectivity index (χ3v) is 3.60. The van der Waals surface area contributed by atoms with Crippen LogP contribution in [0.2, 0.25) is 0 Å². The van der Waals surface area contributed by atoms with Crippen LogP contribution in [0.4, 0.5) is 0 Å². The van der Waals surface area contributed by atoms with Gasteiger partial charge in [-0.15, -0.1) is 0 Å². The minimum Gasteiger partial charge on any atom is -0.381 e. The van der Waals surface area contributed by atoms with Gasteiger partial charge in [-0.2, -0.15) is 0 Å². The number of nitrogens with one attached hydrogen (secondary N) is 1. The summed E-state index contributed by atoms with van der Waals surface area (Å²) in [6.45, 7) is 5.20. The van der Waals surface area contributed by atoms with Crippen molar-refractivity contribution in [2.75, 3.05) is 19.8 Å². The molecule has 2 rings (SSSR count). The molecule has 0 spiro atoms. The number of hydrogen-bond acceptors (Lipinski definition) is 2. The van der Waals surface area contributed by atoms with Crippen LogP contribution < -0.4 is 5.32 Å². The lowest BCUT2D eigenvalue weighted by Crippen LogP contribution is -2.28. The van der Waals surface area contributed by atoms with Crippen LogP contribution in [0.25, 0.3) is 0 Å². The Labute approximate surface area is 87.4 Å². The van der Waals surface area contributed by atoms with E-state index in [1.165, 1.54) is 38.6 Å². The van der Waals surface area contributed by atoms with Gasteiger partial charge in [-0.3, -0.25) is 0 Å². The Bertz CT molecular complexity index is 168. The zero-order valence-corrected chi connectivity index (χ0v) is 9.30. The smallest absolute Gasteiger partial charge is 0.0497 e. The van der Waals surface area contributed by atoms with E-state index in [1.54, 1.807) is 0 Å². The van der Waals surface area contributed by atoms with Crippen molar-refractivity contribution in [3.63, 3.8) is 0 Å². The maximum atomic E-state index is 5.54. The topological polar surface area (TPSA) is 21.3 Å². The maximum absolute atomic E-state index is 5.54. The van der Waals surface area contributed by atoms with Crippen molar-refractivity contribution in [2.24, 2.45) is 11.8 Å². The molecule has 0 aromatic rings. The summed E-state index contributed by atoms with van der Waals surface area (Å²) < 4.78 is 5.54. The molecule has 0 aromatic carbocycles. The van der Waals surface area contributed by atoms with Crippen LogP contribution in [0.5, 0.6) is 0 Å². The highest BCUT2D eigenvalue weighted by Gasteiger charge is 2.29. The molecule has 2 fully saturated rings. The first kappa shape index (κ1) is 10.4. The molecule has 82 valence electrons. The fourth-order valence-corrected chi connectivity index (χ4v) is 2.48.